The molecule has 2 fully saturated rings. The predicted molar refractivity (Wildman–Crippen MR) is 66.9 cm³/mol. The minimum absolute atomic E-state index is 0. The Labute approximate surface area is 104 Å². The molecule has 2 aliphatic rings. The smallest absolute Gasteiger partial charge is 0.237 e. The first kappa shape index (κ1) is 13.7. The molecule has 1 aliphatic carbocycles. The van der Waals surface area contributed by atoms with Crippen molar-refractivity contribution in [1.82, 2.24) is 15.5 Å². The van der Waals surface area contributed by atoms with E-state index in [-0.39, 0.29) is 24.4 Å². The van der Waals surface area contributed by atoms with Crippen LogP contribution >= 0.6 is 12.4 Å². The van der Waals surface area contributed by atoms with Crippen LogP contribution in [0.4, 0.5) is 0 Å². The Morgan fingerprint density at radius 1 is 1.38 bits per heavy atom. The summed E-state index contributed by atoms with van der Waals surface area (Å²) in [7, 11) is 0. The molecule has 1 aliphatic heterocycles. The van der Waals surface area contributed by atoms with E-state index in [1.54, 1.807) is 0 Å². The van der Waals surface area contributed by atoms with Crippen molar-refractivity contribution in [2.24, 2.45) is 0 Å². The molecule has 0 spiro atoms. The molecule has 4 nitrogen and oxygen atoms in total. The third-order valence-electron chi connectivity index (χ3n) is 3.23. The van der Waals surface area contributed by atoms with Gasteiger partial charge in [0.15, 0.2) is 0 Å². The molecular formula is C11H22ClN3O. The number of halogens is 1. The van der Waals surface area contributed by atoms with Gasteiger partial charge in [-0.3, -0.25) is 9.69 Å². The summed E-state index contributed by atoms with van der Waals surface area (Å²) in [5, 5.41) is 6.42. The fraction of sp³-hybridized carbons (Fsp3) is 0.909. The zero-order valence-electron chi connectivity index (χ0n) is 9.87. The van der Waals surface area contributed by atoms with Crippen molar-refractivity contribution >= 4 is 18.3 Å². The minimum atomic E-state index is 0. The van der Waals surface area contributed by atoms with Gasteiger partial charge in [0.05, 0.1) is 6.04 Å². The van der Waals surface area contributed by atoms with Crippen LogP contribution in [0.25, 0.3) is 0 Å². The monoisotopic (exact) mass is 247 g/mol. The molecule has 1 heterocycles. The molecule has 2 N–H and O–H groups in total. The Kier molecular flexibility index (Phi) is 5.52. The van der Waals surface area contributed by atoms with Crippen LogP contribution in [0.2, 0.25) is 0 Å². The summed E-state index contributed by atoms with van der Waals surface area (Å²) >= 11 is 0. The lowest BCUT2D eigenvalue weighted by Crippen LogP contribution is -2.46. The van der Waals surface area contributed by atoms with Crippen LogP contribution in [-0.4, -0.2) is 49.1 Å². The van der Waals surface area contributed by atoms with Crippen molar-refractivity contribution in [1.29, 1.82) is 0 Å². The highest BCUT2D eigenvalue weighted by molar-refractivity contribution is 5.85. The molecule has 0 bridgehead atoms. The normalized spacial score (nSPS) is 24.1. The molecule has 16 heavy (non-hydrogen) atoms. The van der Waals surface area contributed by atoms with Gasteiger partial charge < -0.3 is 10.6 Å². The predicted octanol–water partition coefficient (Wildman–Crippen LogP) is 0.371. The summed E-state index contributed by atoms with van der Waals surface area (Å²) in [6, 6.07) is 0.510. The van der Waals surface area contributed by atoms with E-state index >= 15 is 0 Å². The fourth-order valence-electron chi connectivity index (χ4n) is 1.97. The summed E-state index contributed by atoms with van der Waals surface area (Å²) < 4.78 is 0. The minimum Gasteiger partial charge on any atom is -0.352 e. The number of nitrogens with zero attached hydrogens (tertiary/aromatic N) is 1. The summed E-state index contributed by atoms with van der Waals surface area (Å²) in [6.45, 7) is 6.11. The average molecular weight is 248 g/mol. The van der Waals surface area contributed by atoms with Gasteiger partial charge in [-0.25, -0.2) is 0 Å². The van der Waals surface area contributed by atoms with Crippen LogP contribution < -0.4 is 10.6 Å². The molecule has 1 amide bonds. The average Bonchev–Trinajstić information content (AvgIpc) is 3.01. The van der Waals surface area contributed by atoms with E-state index in [1.807, 2.05) is 6.92 Å². The second-order valence-electron chi connectivity index (χ2n) is 4.60. The first-order valence-corrected chi connectivity index (χ1v) is 6.02. The van der Waals surface area contributed by atoms with Gasteiger partial charge in [0, 0.05) is 25.7 Å². The Bertz CT molecular complexity index is 225. The number of nitrogens with one attached hydrogen (secondary N) is 2. The van der Waals surface area contributed by atoms with Gasteiger partial charge in [0.2, 0.25) is 5.91 Å². The van der Waals surface area contributed by atoms with Gasteiger partial charge in [0.25, 0.3) is 0 Å². The van der Waals surface area contributed by atoms with Crippen molar-refractivity contribution < 1.29 is 4.79 Å². The second-order valence-corrected chi connectivity index (χ2v) is 4.60. The van der Waals surface area contributed by atoms with Crippen LogP contribution in [0.1, 0.15) is 26.2 Å². The zero-order chi connectivity index (χ0) is 10.7. The molecular weight excluding hydrogens is 226 g/mol. The van der Waals surface area contributed by atoms with Crippen molar-refractivity contribution in [3.8, 4) is 0 Å². The molecule has 94 valence electrons. The molecule has 1 saturated carbocycles. The highest BCUT2D eigenvalue weighted by atomic mass is 35.5. The molecule has 5 heteroatoms. The molecule has 1 saturated heterocycles. The largest absolute Gasteiger partial charge is 0.352 e. The highest BCUT2D eigenvalue weighted by Gasteiger charge is 2.28. The van der Waals surface area contributed by atoms with Crippen LogP contribution in [0, 0.1) is 0 Å². The maximum atomic E-state index is 11.8. The molecule has 0 aromatic carbocycles. The van der Waals surface area contributed by atoms with Crippen LogP contribution in [0.5, 0.6) is 0 Å². The van der Waals surface area contributed by atoms with Gasteiger partial charge in [-0.1, -0.05) is 0 Å². The number of hydrogen-bond acceptors (Lipinski definition) is 3. The fourth-order valence-corrected chi connectivity index (χ4v) is 1.97. The Morgan fingerprint density at radius 2 is 2.12 bits per heavy atom. The number of carbonyl (C=O) groups is 1. The summed E-state index contributed by atoms with van der Waals surface area (Å²) in [5.74, 6) is 0.208. The summed E-state index contributed by atoms with van der Waals surface area (Å²) in [4.78, 5) is 14.1. The Hall–Kier alpha value is -0.320. The van der Waals surface area contributed by atoms with E-state index in [0.29, 0.717) is 6.04 Å². The van der Waals surface area contributed by atoms with Gasteiger partial charge in [-0.05, 0) is 32.7 Å². The van der Waals surface area contributed by atoms with Gasteiger partial charge >= 0.3 is 0 Å². The van der Waals surface area contributed by atoms with E-state index in [0.717, 1.165) is 32.6 Å². The molecule has 1 unspecified atom stereocenters. The second kappa shape index (κ2) is 6.42. The Balaban J connectivity index is 0.00000128. The van der Waals surface area contributed by atoms with Gasteiger partial charge in [-0.2, -0.15) is 0 Å². The summed E-state index contributed by atoms with van der Waals surface area (Å²) in [5.41, 5.74) is 0. The number of carbonyl (C=O) groups excluding carboxylic acids is 1. The quantitative estimate of drug-likeness (QED) is 0.758. The number of rotatable bonds is 3. The van der Waals surface area contributed by atoms with Gasteiger partial charge in [-0.15, -0.1) is 12.4 Å². The first-order valence-electron chi connectivity index (χ1n) is 6.02. The van der Waals surface area contributed by atoms with Crippen molar-refractivity contribution in [2.75, 3.05) is 26.2 Å². The first-order chi connectivity index (χ1) is 7.27. The third kappa shape index (κ3) is 3.92. The third-order valence-corrected chi connectivity index (χ3v) is 3.23. The topological polar surface area (TPSA) is 44.4 Å². The lowest BCUT2D eigenvalue weighted by Gasteiger charge is -2.26. The van der Waals surface area contributed by atoms with Gasteiger partial charge in [0.1, 0.15) is 0 Å². The highest BCUT2D eigenvalue weighted by Crippen LogP contribution is 2.19. The van der Waals surface area contributed by atoms with Crippen LogP contribution in [0.3, 0.4) is 0 Å². The van der Waals surface area contributed by atoms with Crippen molar-refractivity contribution in [2.45, 2.75) is 38.3 Å². The van der Waals surface area contributed by atoms with Crippen molar-refractivity contribution in [3.63, 3.8) is 0 Å². The number of amides is 1. The molecule has 2 rings (SSSR count). The zero-order valence-corrected chi connectivity index (χ0v) is 10.7. The lowest BCUT2D eigenvalue weighted by molar-refractivity contribution is -0.125. The maximum Gasteiger partial charge on any atom is 0.237 e. The molecule has 0 radical (unpaired) electrons. The van der Waals surface area contributed by atoms with Crippen molar-refractivity contribution in [3.05, 3.63) is 0 Å². The molecule has 0 aromatic rings. The van der Waals surface area contributed by atoms with E-state index < -0.39 is 0 Å². The van der Waals surface area contributed by atoms with Crippen LogP contribution in [-0.2, 0) is 4.79 Å². The lowest BCUT2D eigenvalue weighted by atomic mass is 10.2. The number of hydrogen-bond donors (Lipinski definition) is 2. The Morgan fingerprint density at radius 3 is 2.81 bits per heavy atom. The SMILES string of the molecule is CC(C(=O)NC1CC1)N1CCCNCC1.Cl. The summed E-state index contributed by atoms with van der Waals surface area (Å²) in [6.07, 6.45) is 3.47. The van der Waals surface area contributed by atoms with E-state index in [9.17, 15) is 4.79 Å². The standard InChI is InChI=1S/C11H21N3O.ClH/c1-9(11(15)13-10-3-4-10)14-7-2-5-12-6-8-14;/h9-10,12H,2-8H2,1H3,(H,13,15);1H. The molecule has 1 atom stereocenters. The van der Waals surface area contributed by atoms with E-state index in [1.165, 1.54) is 12.8 Å². The maximum absolute atomic E-state index is 11.8. The molecule has 0 aromatic heterocycles. The van der Waals surface area contributed by atoms with Crippen LogP contribution in [0.15, 0.2) is 0 Å². The van der Waals surface area contributed by atoms with E-state index in [4.69, 9.17) is 0 Å². The van der Waals surface area contributed by atoms with E-state index in [2.05, 4.69) is 15.5 Å².